The molecule has 0 radical (unpaired) electrons. The molecule has 1 aliphatic carbocycles. The van der Waals surface area contributed by atoms with Gasteiger partial charge < -0.3 is 10.4 Å². The predicted molar refractivity (Wildman–Crippen MR) is 74.8 cm³/mol. The van der Waals surface area contributed by atoms with Gasteiger partial charge in [0.05, 0.1) is 6.10 Å². The number of aliphatic hydroxyl groups excluding tert-OH is 1. The molecule has 1 saturated carbocycles. The fourth-order valence-electron chi connectivity index (χ4n) is 2.18. The van der Waals surface area contributed by atoms with E-state index in [1.807, 2.05) is 24.3 Å². The molecule has 0 heterocycles. The highest BCUT2D eigenvalue weighted by atomic mass is 127. The molecule has 0 aromatic heterocycles. The summed E-state index contributed by atoms with van der Waals surface area (Å²) in [7, 11) is 0. The molecule has 0 spiro atoms. The molecule has 2 rings (SSSR count). The Balaban J connectivity index is 1.87. The molecule has 1 aromatic carbocycles. The van der Waals surface area contributed by atoms with E-state index in [1.54, 1.807) is 0 Å². The minimum Gasteiger partial charge on any atom is -0.393 e. The number of aliphatic hydroxyl groups is 1. The van der Waals surface area contributed by atoms with Crippen molar-refractivity contribution < 1.29 is 9.90 Å². The Kier molecular flexibility index (Phi) is 4.39. The number of carbonyl (C=O) groups excluding carboxylic acids is 1. The first-order chi connectivity index (χ1) is 8.16. The van der Waals surface area contributed by atoms with Crippen molar-refractivity contribution in [3.8, 4) is 0 Å². The van der Waals surface area contributed by atoms with Gasteiger partial charge in [0.1, 0.15) is 0 Å². The van der Waals surface area contributed by atoms with E-state index in [0.29, 0.717) is 12.1 Å². The molecule has 1 fully saturated rings. The summed E-state index contributed by atoms with van der Waals surface area (Å²) >= 11 is 2.21. The van der Waals surface area contributed by atoms with Crippen LogP contribution in [0, 0.1) is 9.49 Å². The van der Waals surface area contributed by atoms with Crippen molar-refractivity contribution in [2.75, 3.05) is 6.54 Å². The van der Waals surface area contributed by atoms with Crippen molar-refractivity contribution in [1.82, 2.24) is 5.32 Å². The highest BCUT2D eigenvalue weighted by Crippen LogP contribution is 2.24. The maximum absolute atomic E-state index is 11.8. The van der Waals surface area contributed by atoms with Gasteiger partial charge >= 0.3 is 0 Å². The molecule has 4 heteroatoms. The summed E-state index contributed by atoms with van der Waals surface area (Å²) in [6.07, 6.45) is 2.69. The molecule has 0 bridgehead atoms. The number of benzene rings is 1. The summed E-state index contributed by atoms with van der Waals surface area (Å²) in [5.74, 6) is 0.170. The number of hydrogen-bond acceptors (Lipinski definition) is 2. The fraction of sp³-hybridized carbons (Fsp3) is 0.462. The summed E-state index contributed by atoms with van der Waals surface area (Å²) in [4.78, 5) is 11.8. The first-order valence-corrected chi connectivity index (χ1v) is 6.96. The molecular weight excluding hydrogens is 329 g/mol. The van der Waals surface area contributed by atoms with Crippen LogP contribution in [0.3, 0.4) is 0 Å². The highest BCUT2D eigenvalue weighted by molar-refractivity contribution is 14.1. The van der Waals surface area contributed by atoms with Crippen molar-refractivity contribution in [3.05, 3.63) is 33.4 Å². The average Bonchev–Trinajstić information content (AvgIpc) is 2.73. The maximum atomic E-state index is 11.8. The third-order valence-electron chi connectivity index (χ3n) is 3.25. The van der Waals surface area contributed by atoms with Gasteiger partial charge in [-0.25, -0.2) is 0 Å². The van der Waals surface area contributed by atoms with Gasteiger partial charge in [0.25, 0.3) is 5.91 Å². The van der Waals surface area contributed by atoms with Crippen LogP contribution in [0.4, 0.5) is 0 Å². The van der Waals surface area contributed by atoms with Gasteiger partial charge in [0, 0.05) is 21.6 Å². The molecule has 2 N–H and O–H groups in total. The van der Waals surface area contributed by atoms with Crippen LogP contribution in [0.1, 0.15) is 29.6 Å². The minimum atomic E-state index is -0.243. The molecule has 1 aliphatic rings. The lowest BCUT2D eigenvalue weighted by Gasteiger charge is -2.15. The highest BCUT2D eigenvalue weighted by Gasteiger charge is 2.25. The van der Waals surface area contributed by atoms with Crippen molar-refractivity contribution in [3.63, 3.8) is 0 Å². The van der Waals surface area contributed by atoms with Crippen LogP contribution < -0.4 is 5.32 Å². The molecule has 2 unspecified atom stereocenters. The Morgan fingerprint density at radius 3 is 2.65 bits per heavy atom. The summed E-state index contributed by atoms with van der Waals surface area (Å²) < 4.78 is 1.12. The van der Waals surface area contributed by atoms with Crippen LogP contribution in [0.5, 0.6) is 0 Å². The third kappa shape index (κ3) is 3.42. The van der Waals surface area contributed by atoms with Crippen molar-refractivity contribution in [1.29, 1.82) is 0 Å². The smallest absolute Gasteiger partial charge is 0.251 e. The van der Waals surface area contributed by atoms with E-state index in [1.165, 1.54) is 0 Å². The zero-order valence-corrected chi connectivity index (χ0v) is 11.7. The standard InChI is InChI=1S/C13H16INO2/c14-11-6-4-9(5-7-11)13(17)15-8-10-2-1-3-12(10)16/h4-7,10,12,16H,1-3,8H2,(H,15,17). The molecule has 92 valence electrons. The van der Waals surface area contributed by atoms with Crippen LogP contribution in [-0.4, -0.2) is 23.7 Å². The SMILES string of the molecule is O=C(NCC1CCCC1O)c1ccc(I)cc1. The van der Waals surface area contributed by atoms with Gasteiger partial charge in [-0.2, -0.15) is 0 Å². The quantitative estimate of drug-likeness (QED) is 0.825. The van der Waals surface area contributed by atoms with Crippen LogP contribution in [0.25, 0.3) is 0 Å². The molecule has 2 atom stereocenters. The first-order valence-electron chi connectivity index (χ1n) is 5.88. The van der Waals surface area contributed by atoms with E-state index >= 15 is 0 Å². The number of rotatable bonds is 3. The van der Waals surface area contributed by atoms with Gasteiger partial charge in [0.15, 0.2) is 0 Å². The monoisotopic (exact) mass is 345 g/mol. The van der Waals surface area contributed by atoms with E-state index in [-0.39, 0.29) is 17.9 Å². The molecule has 0 aliphatic heterocycles. The molecule has 3 nitrogen and oxygen atoms in total. The van der Waals surface area contributed by atoms with E-state index in [0.717, 1.165) is 22.8 Å². The van der Waals surface area contributed by atoms with E-state index in [2.05, 4.69) is 27.9 Å². The number of amides is 1. The van der Waals surface area contributed by atoms with Gasteiger partial charge in [-0.3, -0.25) is 4.79 Å². The number of carbonyl (C=O) groups is 1. The van der Waals surface area contributed by atoms with Crippen molar-refractivity contribution in [2.24, 2.45) is 5.92 Å². The summed E-state index contributed by atoms with van der Waals surface area (Å²) in [5.41, 5.74) is 0.679. The van der Waals surface area contributed by atoms with E-state index in [9.17, 15) is 9.90 Å². The molecule has 0 saturated heterocycles. The van der Waals surface area contributed by atoms with Crippen molar-refractivity contribution >= 4 is 28.5 Å². The van der Waals surface area contributed by atoms with Crippen LogP contribution in [0.15, 0.2) is 24.3 Å². The minimum absolute atomic E-state index is 0.0551. The van der Waals surface area contributed by atoms with Gasteiger partial charge in [0.2, 0.25) is 0 Å². The lowest BCUT2D eigenvalue weighted by molar-refractivity contribution is 0.0917. The number of hydrogen-bond donors (Lipinski definition) is 2. The molecule has 1 aromatic rings. The largest absolute Gasteiger partial charge is 0.393 e. The molecule has 17 heavy (non-hydrogen) atoms. The van der Waals surface area contributed by atoms with E-state index in [4.69, 9.17) is 0 Å². The Morgan fingerprint density at radius 1 is 1.35 bits per heavy atom. The second-order valence-electron chi connectivity index (χ2n) is 4.48. The van der Waals surface area contributed by atoms with Crippen molar-refractivity contribution in [2.45, 2.75) is 25.4 Å². The third-order valence-corrected chi connectivity index (χ3v) is 3.97. The topological polar surface area (TPSA) is 49.3 Å². The Labute approximate surface area is 115 Å². The van der Waals surface area contributed by atoms with Crippen LogP contribution >= 0.6 is 22.6 Å². The summed E-state index contributed by atoms with van der Waals surface area (Å²) in [6.45, 7) is 0.575. The van der Waals surface area contributed by atoms with Gasteiger partial charge in [-0.05, 0) is 59.7 Å². The Bertz CT molecular complexity index is 391. The lowest BCUT2D eigenvalue weighted by Crippen LogP contribution is -2.32. The van der Waals surface area contributed by atoms with Gasteiger partial charge in [-0.15, -0.1) is 0 Å². The predicted octanol–water partition coefficient (Wildman–Crippen LogP) is 2.18. The number of halogens is 1. The second kappa shape index (κ2) is 5.82. The maximum Gasteiger partial charge on any atom is 0.251 e. The Hall–Kier alpha value is -0.620. The molecule has 1 amide bonds. The zero-order valence-electron chi connectivity index (χ0n) is 9.53. The van der Waals surface area contributed by atoms with Crippen LogP contribution in [0.2, 0.25) is 0 Å². The first kappa shape index (κ1) is 12.8. The second-order valence-corrected chi connectivity index (χ2v) is 5.72. The molecular formula is C13H16INO2. The fourth-order valence-corrected chi connectivity index (χ4v) is 2.54. The zero-order chi connectivity index (χ0) is 12.3. The lowest BCUT2D eigenvalue weighted by atomic mass is 10.1. The summed E-state index contributed by atoms with van der Waals surface area (Å²) in [5, 5.41) is 12.5. The number of nitrogens with one attached hydrogen (secondary N) is 1. The van der Waals surface area contributed by atoms with Gasteiger partial charge in [-0.1, -0.05) is 6.42 Å². The van der Waals surface area contributed by atoms with E-state index < -0.39 is 0 Å². The average molecular weight is 345 g/mol. The normalized spacial score (nSPS) is 23.6. The Morgan fingerprint density at radius 2 is 2.06 bits per heavy atom. The summed E-state index contributed by atoms with van der Waals surface area (Å²) in [6, 6.07) is 7.48. The van der Waals surface area contributed by atoms with Crippen LogP contribution in [-0.2, 0) is 0 Å².